The molecule has 0 bridgehead atoms. The standard InChI is InChI=1S/C27H30N2O5/c1-4-18-12-9-13-19(5-2)23(18)29-24(31)21-20(15-14-17-10-7-6-8-11-17)28-27(16(3)30,26(33)34)22(21)25(29)32/h6-16,20-22,28,30H,4-5H2,1-3H3,(H,33,34). The van der Waals surface area contributed by atoms with Crippen molar-refractivity contribution in [2.24, 2.45) is 11.8 Å². The number of anilines is 1. The summed E-state index contributed by atoms with van der Waals surface area (Å²) in [4.78, 5) is 41.4. The number of hydrogen-bond donors (Lipinski definition) is 3. The summed E-state index contributed by atoms with van der Waals surface area (Å²) in [5.41, 5.74) is 1.15. The molecule has 3 N–H and O–H groups in total. The van der Waals surface area contributed by atoms with Gasteiger partial charge in [0, 0.05) is 6.04 Å². The first kappa shape index (κ1) is 23.9. The number of benzene rings is 2. The summed E-state index contributed by atoms with van der Waals surface area (Å²) in [5.74, 6) is -4.57. The van der Waals surface area contributed by atoms with Gasteiger partial charge >= 0.3 is 5.97 Å². The van der Waals surface area contributed by atoms with Crippen molar-refractivity contribution in [2.75, 3.05) is 4.90 Å². The van der Waals surface area contributed by atoms with Gasteiger partial charge in [-0.2, -0.15) is 0 Å². The zero-order valence-corrected chi connectivity index (χ0v) is 19.6. The Kier molecular flexibility index (Phi) is 6.43. The van der Waals surface area contributed by atoms with Crippen LogP contribution in [-0.4, -0.2) is 45.7 Å². The van der Waals surface area contributed by atoms with Crippen LogP contribution < -0.4 is 10.2 Å². The van der Waals surface area contributed by atoms with Crippen molar-refractivity contribution < 1.29 is 24.6 Å². The third-order valence-electron chi connectivity index (χ3n) is 7.13. The minimum absolute atomic E-state index is 0.440. The first-order valence-corrected chi connectivity index (χ1v) is 11.7. The molecule has 2 heterocycles. The van der Waals surface area contributed by atoms with Gasteiger partial charge in [0.05, 0.1) is 23.6 Å². The van der Waals surface area contributed by atoms with Crippen LogP contribution in [0.1, 0.15) is 37.5 Å². The second-order valence-electron chi connectivity index (χ2n) is 8.94. The van der Waals surface area contributed by atoms with Gasteiger partial charge in [0.15, 0.2) is 5.54 Å². The average molecular weight is 463 g/mol. The van der Waals surface area contributed by atoms with Gasteiger partial charge in [0.1, 0.15) is 0 Å². The number of amides is 2. The fourth-order valence-electron chi connectivity index (χ4n) is 5.41. The van der Waals surface area contributed by atoms with Crippen molar-refractivity contribution in [3.8, 4) is 0 Å². The molecule has 2 saturated heterocycles. The van der Waals surface area contributed by atoms with Crippen molar-refractivity contribution in [2.45, 2.75) is 51.3 Å². The largest absolute Gasteiger partial charge is 0.480 e. The molecule has 0 aromatic heterocycles. The van der Waals surface area contributed by atoms with Crippen LogP contribution in [0.2, 0.25) is 0 Å². The second kappa shape index (κ2) is 9.16. The van der Waals surface area contributed by atoms with Crippen molar-refractivity contribution in [1.82, 2.24) is 5.32 Å². The Balaban J connectivity index is 1.85. The SMILES string of the molecule is CCc1cccc(CC)c1N1C(=O)C2C(C=Cc3ccccc3)NC(C(=O)O)(C(C)O)C2C1=O. The molecular weight excluding hydrogens is 432 g/mol. The molecule has 7 heteroatoms. The van der Waals surface area contributed by atoms with E-state index in [0.29, 0.717) is 18.5 Å². The van der Waals surface area contributed by atoms with Crippen LogP contribution in [0, 0.1) is 11.8 Å². The lowest BCUT2D eigenvalue weighted by atomic mass is 9.77. The van der Waals surface area contributed by atoms with E-state index in [-0.39, 0.29) is 0 Å². The number of carboxylic acid groups (broad SMARTS) is 1. The summed E-state index contributed by atoms with van der Waals surface area (Å²) < 4.78 is 0. The smallest absolute Gasteiger partial charge is 0.327 e. The molecule has 5 atom stereocenters. The molecule has 2 aromatic rings. The van der Waals surface area contributed by atoms with E-state index in [4.69, 9.17) is 0 Å². The first-order chi connectivity index (χ1) is 16.3. The number of fused-ring (bicyclic) bond motifs is 1. The maximum atomic E-state index is 13.8. The van der Waals surface area contributed by atoms with Crippen LogP contribution in [0.5, 0.6) is 0 Å². The number of aliphatic hydroxyl groups excluding tert-OH is 1. The molecule has 5 unspecified atom stereocenters. The Morgan fingerprint density at radius 3 is 2.21 bits per heavy atom. The number of aliphatic hydroxyl groups is 1. The Labute approximate surface area is 199 Å². The number of nitrogens with one attached hydrogen (secondary N) is 1. The van der Waals surface area contributed by atoms with E-state index in [2.05, 4.69) is 5.32 Å². The number of hydrogen-bond acceptors (Lipinski definition) is 5. The van der Waals surface area contributed by atoms with Crippen molar-refractivity contribution in [3.63, 3.8) is 0 Å². The minimum atomic E-state index is -1.98. The number of para-hydroxylation sites is 1. The quantitative estimate of drug-likeness (QED) is 0.547. The predicted molar refractivity (Wildman–Crippen MR) is 129 cm³/mol. The summed E-state index contributed by atoms with van der Waals surface area (Å²) in [6, 6.07) is 14.3. The van der Waals surface area contributed by atoms with Crippen molar-refractivity contribution >= 4 is 29.5 Å². The number of carbonyl (C=O) groups excluding carboxylic acids is 2. The van der Waals surface area contributed by atoms with E-state index in [1.165, 1.54) is 11.8 Å². The van der Waals surface area contributed by atoms with Gasteiger partial charge < -0.3 is 10.2 Å². The maximum Gasteiger partial charge on any atom is 0.327 e. The van der Waals surface area contributed by atoms with Gasteiger partial charge in [-0.25, -0.2) is 4.90 Å². The van der Waals surface area contributed by atoms with Crippen LogP contribution in [0.3, 0.4) is 0 Å². The van der Waals surface area contributed by atoms with Crippen LogP contribution in [-0.2, 0) is 27.2 Å². The van der Waals surface area contributed by atoms with Crippen molar-refractivity contribution in [1.29, 1.82) is 0 Å². The highest BCUT2D eigenvalue weighted by Gasteiger charge is 2.70. The molecule has 2 aliphatic rings. The molecular formula is C27H30N2O5. The lowest BCUT2D eigenvalue weighted by molar-refractivity contribution is -0.154. The molecule has 0 saturated carbocycles. The first-order valence-electron chi connectivity index (χ1n) is 11.7. The van der Waals surface area contributed by atoms with E-state index in [9.17, 15) is 24.6 Å². The van der Waals surface area contributed by atoms with Crippen LogP contribution >= 0.6 is 0 Å². The zero-order valence-electron chi connectivity index (χ0n) is 19.6. The summed E-state index contributed by atoms with van der Waals surface area (Å²) in [6.45, 7) is 5.25. The molecule has 0 aliphatic carbocycles. The van der Waals surface area contributed by atoms with E-state index in [1.54, 1.807) is 12.2 Å². The lowest BCUT2D eigenvalue weighted by Crippen LogP contribution is -2.63. The summed E-state index contributed by atoms with van der Waals surface area (Å²) in [6.07, 6.45) is 3.35. The summed E-state index contributed by atoms with van der Waals surface area (Å²) in [5, 5.41) is 23.8. The van der Waals surface area contributed by atoms with Crippen LogP contribution in [0.25, 0.3) is 6.08 Å². The lowest BCUT2D eigenvalue weighted by Gasteiger charge is -2.33. The second-order valence-corrected chi connectivity index (χ2v) is 8.94. The topological polar surface area (TPSA) is 107 Å². The minimum Gasteiger partial charge on any atom is -0.480 e. The summed E-state index contributed by atoms with van der Waals surface area (Å²) in [7, 11) is 0. The number of aliphatic carboxylic acids is 1. The van der Waals surface area contributed by atoms with Gasteiger partial charge in [-0.15, -0.1) is 0 Å². The van der Waals surface area contributed by atoms with Gasteiger partial charge in [0.2, 0.25) is 11.8 Å². The van der Waals surface area contributed by atoms with E-state index >= 15 is 0 Å². The molecule has 4 rings (SSSR count). The van der Waals surface area contributed by atoms with Gasteiger partial charge in [0.25, 0.3) is 0 Å². The fourth-order valence-corrected chi connectivity index (χ4v) is 5.41. The number of rotatable bonds is 7. The molecule has 34 heavy (non-hydrogen) atoms. The monoisotopic (exact) mass is 462 g/mol. The molecule has 0 radical (unpaired) electrons. The van der Waals surface area contributed by atoms with Crippen molar-refractivity contribution in [3.05, 3.63) is 71.3 Å². The number of carboxylic acids is 1. The number of carbonyl (C=O) groups is 3. The zero-order chi connectivity index (χ0) is 24.6. The molecule has 178 valence electrons. The van der Waals surface area contributed by atoms with Crippen LogP contribution in [0.15, 0.2) is 54.6 Å². The third-order valence-corrected chi connectivity index (χ3v) is 7.13. The number of nitrogens with zero attached hydrogens (tertiary/aromatic N) is 1. The summed E-state index contributed by atoms with van der Waals surface area (Å²) >= 11 is 0. The molecule has 2 amide bonds. The van der Waals surface area contributed by atoms with E-state index in [1.807, 2.05) is 62.4 Å². The Morgan fingerprint density at radius 1 is 1.06 bits per heavy atom. The Morgan fingerprint density at radius 2 is 1.68 bits per heavy atom. The molecule has 2 aliphatic heterocycles. The molecule has 2 fully saturated rings. The molecule has 7 nitrogen and oxygen atoms in total. The van der Waals surface area contributed by atoms with Gasteiger partial charge in [-0.05, 0) is 36.5 Å². The van der Waals surface area contributed by atoms with Gasteiger partial charge in [-0.3, -0.25) is 19.7 Å². The highest BCUT2D eigenvalue weighted by atomic mass is 16.4. The molecule has 0 spiro atoms. The highest BCUT2D eigenvalue weighted by Crippen LogP contribution is 2.47. The number of imide groups is 1. The highest BCUT2D eigenvalue weighted by molar-refractivity contribution is 6.25. The third kappa shape index (κ3) is 3.56. The predicted octanol–water partition coefficient (Wildman–Crippen LogP) is 2.81. The maximum absolute atomic E-state index is 13.8. The normalized spacial score (nSPS) is 27.4. The van der Waals surface area contributed by atoms with Crippen LogP contribution in [0.4, 0.5) is 5.69 Å². The Hall–Kier alpha value is -3.29. The van der Waals surface area contributed by atoms with Gasteiger partial charge in [-0.1, -0.05) is 74.5 Å². The average Bonchev–Trinajstić information content (AvgIpc) is 3.32. The Bertz CT molecular complexity index is 1120. The molecule has 2 aromatic carbocycles. The van der Waals surface area contributed by atoms with E-state index < -0.39 is 47.3 Å². The fraction of sp³-hybridized carbons (Fsp3) is 0.370. The van der Waals surface area contributed by atoms with E-state index in [0.717, 1.165) is 16.7 Å². The number of aryl methyl sites for hydroxylation is 2.